The molecule has 0 radical (unpaired) electrons. The van der Waals surface area contributed by atoms with Crippen molar-refractivity contribution < 1.29 is 9.53 Å². The number of benzene rings is 1. The largest absolute Gasteiger partial charge is 0.459 e. The lowest BCUT2D eigenvalue weighted by Gasteiger charge is -2.25. The Labute approximate surface area is 115 Å². The van der Waals surface area contributed by atoms with Gasteiger partial charge in [0, 0.05) is 5.92 Å². The zero-order valence-electron chi connectivity index (χ0n) is 12.2. The Morgan fingerprint density at radius 1 is 1.26 bits per heavy atom. The molecule has 0 amide bonds. The first-order chi connectivity index (χ1) is 8.87. The predicted octanol–water partition coefficient (Wildman–Crippen LogP) is 2.78. The highest BCUT2D eigenvalue weighted by Gasteiger charge is 2.36. The summed E-state index contributed by atoms with van der Waals surface area (Å²) in [7, 11) is 0. The first kappa shape index (κ1) is 14.1. The fourth-order valence-corrected chi connectivity index (χ4v) is 2.49. The molecule has 0 bridgehead atoms. The van der Waals surface area contributed by atoms with Crippen LogP contribution in [0.1, 0.15) is 44.2 Å². The number of esters is 1. The van der Waals surface area contributed by atoms with Gasteiger partial charge < -0.3 is 10.1 Å². The van der Waals surface area contributed by atoms with Gasteiger partial charge in [-0.1, -0.05) is 29.8 Å². The molecule has 2 unspecified atom stereocenters. The van der Waals surface area contributed by atoms with E-state index in [1.54, 1.807) is 0 Å². The highest BCUT2D eigenvalue weighted by molar-refractivity contribution is 5.78. The van der Waals surface area contributed by atoms with E-state index in [0.717, 1.165) is 13.0 Å². The van der Waals surface area contributed by atoms with Gasteiger partial charge in [0.15, 0.2) is 0 Å². The molecule has 2 atom stereocenters. The van der Waals surface area contributed by atoms with Crippen molar-refractivity contribution in [3.05, 3.63) is 35.4 Å². The third-order valence-electron chi connectivity index (χ3n) is 3.39. The van der Waals surface area contributed by atoms with Gasteiger partial charge in [-0.3, -0.25) is 4.79 Å². The van der Waals surface area contributed by atoms with Gasteiger partial charge >= 0.3 is 5.97 Å². The quantitative estimate of drug-likeness (QED) is 0.832. The molecule has 1 N–H and O–H groups in total. The molecule has 0 saturated carbocycles. The second-order valence-electron chi connectivity index (χ2n) is 6.27. The lowest BCUT2D eigenvalue weighted by Crippen LogP contribution is -2.40. The van der Waals surface area contributed by atoms with E-state index in [1.165, 1.54) is 11.1 Å². The Balaban J connectivity index is 2.12. The molecular weight excluding hydrogens is 238 g/mol. The summed E-state index contributed by atoms with van der Waals surface area (Å²) in [5.74, 6) is 0.0750. The van der Waals surface area contributed by atoms with Gasteiger partial charge in [-0.25, -0.2) is 0 Å². The van der Waals surface area contributed by atoms with Crippen molar-refractivity contribution in [2.45, 2.75) is 51.7 Å². The van der Waals surface area contributed by atoms with Crippen LogP contribution in [0.4, 0.5) is 0 Å². The summed E-state index contributed by atoms with van der Waals surface area (Å²) in [5, 5.41) is 3.27. The van der Waals surface area contributed by atoms with Gasteiger partial charge in [0.1, 0.15) is 11.6 Å². The van der Waals surface area contributed by atoms with Gasteiger partial charge in [0.2, 0.25) is 0 Å². The minimum absolute atomic E-state index is 0.143. The van der Waals surface area contributed by atoms with Gasteiger partial charge in [-0.05, 0) is 46.2 Å². The summed E-state index contributed by atoms with van der Waals surface area (Å²) in [6.45, 7) is 8.65. The van der Waals surface area contributed by atoms with Crippen molar-refractivity contribution in [2.24, 2.45) is 0 Å². The average Bonchev–Trinajstić information content (AvgIpc) is 2.76. The molecule has 0 aliphatic carbocycles. The molecule has 1 aromatic carbocycles. The monoisotopic (exact) mass is 261 g/mol. The first-order valence-electron chi connectivity index (χ1n) is 6.89. The fourth-order valence-electron chi connectivity index (χ4n) is 2.49. The summed E-state index contributed by atoms with van der Waals surface area (Å²) in [6, 6.07) is 8.20. The Bertz CT molecular complexity index is 445. The molecule has 0 aromatic heterocycles. The molecule has 1 heterocycles. The molecule has 1 saturated heterocycles. The summed E-state index contributed by atoms with van der Waals surface area (Å²) in [4.78, 5) is 12.2. The first-order valence-corrected chi connectivity index (χ1v) is 6.89. The van der Waals surface area contributed by atoms with Crippen LogP contribution in [0, 0.1) is 6.92 Å². The van der Waals surface area contributed by atoms with Crippen molar-refractivity contribution in [1.82, 2.24) is 5.32 Å². The van der Waals surface area contributed by atoms with Crippen LogP contribution >= 0.6 is 0 Å². The highest BCUT2D eigenvalue weighted by atomic mass is 16.6. The SMILES string of the molecule is Cc1ccc(C2CCNC2C(=O)OC(C)(C)C)cc1. The number of carbonyl (C=O) groups is 1. The Hall–Kier alpha value is -1.35. The van der Waals surface area contributed by atoms with Crippen LogP contribution in [0.5, 0.6) is 0 Å². The number of aryl methyl sites for hydroxylation is 1. The van der Waals surface area contributed by atoms with E-state index in [4.69, 9.17) is 4.74 Å². The van der Waals surface area contributed by atoms with Crippen LogP contribution in [-0.2, 0) is 9.53 Å². The molecule has 1 aliphatic rings. The number of hydrogen-bond donors (Lipinski definition) is 1. The molecule has 19 heavy (non-hydrogen) atoms. The zero-order valence-corrected chi connectivity index (χ0v) is 12.2. The molecule has 2 rings (SSSR count). The molecule has 3 nitrogen and oxygen atoms in total. The van der Waals surface area contributed by atoms with Crippen LogP contribution in [0.25, 0.3) is 0 Å². The lowest BCUT2D eigenvalue weighted by molar-refractivity contribution is -0.157. The smallest absolute Gasteiger partial charge is 0.324 e. The van der Waals surface area contributed by atoms with Crippen LogP contribution in [-0.4, -0.2) is 24.2 Å². The maximum absolute atomic E-state index is 12.2. The van der Waals surface area contributed by atoms with E-state index in [2.05, 4.69) is 36.5 Å². The second-order valence-corrected chi connectivity index (χ2v) is 6.27. The third-order valence-corrected chi connectivity index (χ3v) is 3.39. The Morgan fingerprint density at radius 2 is 1.89 bits per heavy atom. The van der Waals surface area contributed by atoms with Crippen molar-refractivity contribution in [3.8, 4) is 0 Å². The van der Waals surface area contributed by atoms with Crippen LogP contribution in [0.15, 0.2) is 24.3 Å². The van der Waals surface area contributed by atoms with Crippen molar-refractivity contribution in [2.75, 3.05) is 6.54 Å². The van der Waals surface area contributed by atoms with Gasteiger partial charge in [0.05, 0.1) is 0 Å². The fraction of sp³-hybridized carbons (Fsp3) is 0.562. The van der Waals surface area contributed by atoms with Gasteiger partial charge in [-0.15, -0.1) is 0 Å². The van der Waals surface area contributed by atoms with Gasteiger partial charge in [0.25, 0.3) is 0 Å². The summed E-state index contributed by atoms with van der Waals surface area (Å²) in [6.07, 6.45) is 0.979. The molecule has 0 spiro atoms. The normalized spacial score (nSPS) is 23.4. The number of carbonyl (C=O) groups excluding carboxylic acids is 1. The van der Waals surface area contributed by atoms with E-state index < -0.39 is 5.60 Å². The topological polar surface area (TPSA) is 38.3 Å². The Morgan fingerprint density at radius 3 is 2.47 bits per heavy atom. The number of ether oxygens (including phenoxy) is 1. The molecule has 1 aliphatic heterocycles. The minimum atomic E-state index is -0.431. The standard InChI is InChI=1S/C16H23NO2/c1-11-5-7-12(8-6-11)13-9-10-17-14(13)15(18)19-16(2,3)4/h5-8,13-14,17H,9-10H2,1-4H3. The maximum Gasteiger partial charge on any atom is 0.324 e. The molecule has 3 heteroatoms. The van der Waals surface area contributed by atoms with E-state index in [9.17, 15) is 4.79 Å². The van der Waals surface area contributed by atoms with Crippen molar-refractivity contribution >= 4 is 5.97 Å². The van der Waals surface area contributed by atoms with Crippen molar-refractivity contribution in [1.29, 1.82) is 0 Å². The van der Waals surface area contributed by atoms with E-state index in [0.29, 0.717) is 0 Å². The summed E-state index contributed by atoms with van der Waals surface area (Å²) < 4.78 is 5.50. The van der Waals surface area contributed by atoms with E-state index in [1.807, 2.05) is 20.8 Å². The molecule has 1 aromatic rings. The molecular formula is C16H23NO2. The third kappa shape index (κ3) is 3.57. The highest BCUT2D eigenvalue weighted by Crippen LogP contribution is 2.29. The van der Waals surface area contributed by atoms with Crippen molar-refractivity contribution in [3.63, 3.8) is 0 Å². The average molecular weight is 261 g/mol. The second kappa shape index (κ2) is 5.33. The van der Waals surface area contributed by atoms with Crippen LogP contribution in [0.3, 0.4) is 0 Å². The molecule has 1 fully saturated rings. The minimum Gasteiger partial charge on any atom is -0.459 e. The maximum atomic E-state index is 12.2. The number of hydrogen-bond acceptors (Lipinski definition) is 3. The number of rotatable bonds is 2. The predicted molar refractivity (Wildman–Crippen MR) is 76.2 cm³/mol. The van der Waals surface area contributed by atoms with E-state index in [-0.39, 0.29) is 17.9 Å². The Kier molecular flexibility index (Phi) is 3.95. The lowest BCUT2D eigenvalue weighted by atomic mass is 9.91. The van der Waals surface area contributed by atoms with Gasteiger partial charge in [-0.2, -0.15) is 0 Å². The zero-order chi connectivity index (χ0) is 14.0. The van der Waals surface area contributed by atoms with E-state index >= 15 is 0 Å². The van der Waals surface area contributed by atoms with Crippen LogP contribution in [0.2, 0.25) is 0 Å². The number of nitrogens with one attached hydrogen (secondary N) is 1. The summed E-state index contributed by atoms with van der Waals surface area (Å²) >= 11 is 0. The van der Waals surface area contributed by atoms with Crippen LogP contribution < -0.4 is 5.32 Å². The summed E-state index contributed by atoms with van der Waals surface area (Å²) in [5.41, 5.74) is 2.02. The molecule has 104 valence electrons.